The largest absolute Gasteiger partial charge is 0.456 e. The number of benzene rings is 7. The summed E-state index contributed by atoms with van der Waals surface area (Å²) in [6.07, 6.45) is 0. The minimum atomic E-state index is 0.594. The van der Waals surface area contributed by atoms with Crippen molar-refractivity contribution in [3.8, 4) is 56.4 Å². The van der Waals surface area contributed by atoms with Crippen LogP contribution in [0.2, 0.25) is 0 Å². The van der Waals surface area contributed by atoms with Gasteiger partial charge in [0.2, 0.25) is 0 Å². The Bertz CT molecular complexity index is 2890. The molecule has 3 heterocycles. The van der Waals surface area contributed by atoms with E-state index in [4.69, 9.17) is 19.4 Å². The molecule has 0 radical (unpaired) electrons. The molecule has 0 aliphatic carbocycles. The van der Waals surface area contributed by atoms with Crippen LogP contribution in [0, 0.1) is 0 Å². The lowest BCUT2D eigenvalue weighted by atomic mass is 9.95. The van der Waals surface area contributed by atoms with E-state index in [1.54, 1.807) is 11.3 Å². The van der Waals surface area contributed by atoms with Crippen LogP contribution in [0.5, 0.6) is 0 Å². The molecule has 10 aromatic rings. The highest BCUT2D eigenvalue weighted by Gasteiger charge is 2.19. The molecule has 0 amide bonds. The summed E-state index contributed by atoms with van der Waals surface area (Å²) in [5, 5.41) is 4.52. The molecule has 0 atom stereocenters. The molecule has 10 rings (SSSR count). The predicted octanol–water partition coefficient (Wildman–Crippen LogP) is 12.5. The normalized spacial score (nSPS) is 11.6. The molecule has 0 fully saturated rings. The average molecular weight is 658 g/mol. The monoisotopic (exact) mass is 657 g/mol. The standard InChI is InChI=1S/C45H27N3OS/c1-2-12-28(13-3-1)29-14-10-15-30(26-29)32-16-4-5-18-35(32)44-46-43(31-24-25-34-33-17-6-8-21-38(33)49-39(34)27-31)47-45(48-44)37-20-11-23-41-42(37)36-19-7-9-22-40(36)50-41/h1-27H. The SMILES string of the molecule is c1ccc(-c2cccc(-c3ccccc3-c3nc(-c4ccc5c(c4)oc4ccccc45)nc(-c4cccc5sc6ccccc6c45)n3)c2)cc1. The van der Waals surface area contributed by atoms with Crippen LogP contribution in [-0.4, -0.2) is 15.0 Å². The van der Waals surface area contributed by atoms with Crippen LogP contribution >= 0.6 is 11.3 Å². The molecular formula is C45H27N3OS. The van der Waals surface area contributed by atoms with Crippen molar-refractivity contribution in [2.45, 2.75) is 0 Å². The molecule has 0 saturated heterocycles. The number of rotatable bonds is 5. The highest BCUT2D eigenvalue weighted by atomic mass is 32.1. The maximum Gasteiger partial charge on any atom is 0.164 e. The molecule has 0 spiro atoms. The maximum atomic E-state index is 6.29. The first-order valence-corrected chi connectivity index (χ1v) is 17.4. The smallest absolute Gasteiger partial charge is 0.164 e. The van der Waals surface area contributed by atoms with E-state index in [0.29, 0.717) is 17.5 Å². The van der Waals surface area contributed by atoms with Crippen LogP contribution in [0.25, 0.3) is 98.5 Å². The van der Waals surface area contributed by atoms with E-state index in [2.05, 4.69) is 133 Å². The fourth-order valence-corrected chi connectivity index (χ4v) is 8.13. The third-order valence-electron chi connectivity index (χ3n) is 9.36. The van der Waals surface area contributed by atoms with Gasteiger partial charge in [0.25, 0.3) is 0 Å². The Balaban J connectivity index is 1.21. The first-order chi connectivity index (χ1) is 24.8. The number of para-hydroxylation sites is 1. The summed E-state index contributed by atoms with van der Waals surface area (Å²) in [6.45, 7) is 0. The molecular weight excluding hydrogens is 631 g/mol. The van der Waals surface area contributed by atoms with Crippen LogP contribution in [0.4, 0.5) is 0 Å². The van der Waals surface area contributed by atoms with Crippen LogP contribution in [0.1, 0.15) is 0 Å². The molecule has 234 valence electrons. The Morgan fingerprint density at radius 2 is 0.980 bits per heavy atom. The van der Waals surface area contributed by atoms with Crippen molar-refractivity contribution in [1.82, 2.24) is 15.0 Å². The lowest BCUT2D eigenvalue weighted by Gasteiger charge is -2.13. The molecule has 0 aliphatic heterocycles. The molecule has 50 heavy (non-hydrogen) atoms. The van der Waals surface area contributed by atoms with E-state index in [0.717, 1.165) is 60.7 Å². The van der Waals surface area contributed by atoms with E-state index in [1.807, 2.05) is 30.3 Å². The molecule has 0 aliphatic rings. The minimum absolute atomic E-state index is 0.594. The Morgan fingerprint density at radius 3 is 1.88 bits per heavy atom. The Morgan fingerprint density at radius 1 is 0.360 bits per heavy atom. The summed E-state index contributed by atoms with van der Waals surface area (Å²) in [5.74, 6) is 1.85. The summed E-state index contributed by atoms with van der Waals surface area (Å²) in [5.41, 5.74) is 8.94. The lowest BCUT2D eigenvalue weighted by molar-refractivity contribution is 0.669. The van der Waals surface area contributed by atoms with Gasteiger partial charge in [-0.3, -0.25) is 0 Å². The van der Waals surface area contributed by atoms with Crippen molar-refractivity contribution < 1.29 is 4.42 Å². The first kappa shape index (κ1) is 28.6. The van der Waals surface area contributed by atoms with Crippen molar-refractivity contribution in [2.75, 3.05) is 0 Å². The highest BCUT2D eigenvalue weighted by molar-refractivity contribution is 7.25. The van der Waals surface area contributed by atoms with Gasteiger partial charge in [-0.05, 0) is 58.7 Å². The quantitative estimate of drug-likeness (QED) is 0.185. The van der Waals surface area contributed by atoms with Crippen molar-refractivity contribution in [3.05, 3.63) is 164 Å². The number of nitrogens with zero attached hydrogens (tertiary/aromatic N) is 3. The summed E-state index contributed by atoms with van der Waals surface area (Å²) in [7, 11) is 0. The van der Waals surface area contributed by atoms with Crippen LogP contribution in [-0.2, 0) is 0 Å². The predicted molar refractivity (Wildman–Crippen MR) is 207 cm³/mol. The second kappa shape index (κ2) is 11.6. The lowest BCUT2D eigenvalue weighted by Crippen LogP contribution is -2.01. The molecule has 5 heteroatoms. The number of aromatic nitrogens is 3. The van der Waals surface area contributed by atoms with Gasteiger partial charge in [-0.2, -0.15) is 0 Å². The third-order valence-corrected chi connectivity index (χ3v) is 10.5. The minimum Gasteiger partial charge on any atom is -0.456 e. The highest BCUT2D eigenvalue weighted by Crippen LogP contribution is 2.41. The molecule has 0 saturated carbocycles. The summed E-state index contributed by atoms with van der Waals surface area (Å²) < 4.78 is 8.74. The van der Waals surface area contributed by atoms with Gasteiger partial charge < -0.3 is 4.42 Å². The third kappa shape index (κ3) is 4.79. The van der Waals surface area contributed by atoms with E-state index >= 15 is 0 Å². The van der Waals surface area contributed by atoms with E-state index in [-0.39, 0.29) is 0 Å². The topological polar surface area (TPSA) is 51.8 Å². The fraction of sp³-hybridized carbons (Fsp3) is 0. The van der Waals surface area contributed by atoms with Crippen molar-refractivity contribution in [3.63, 3.8) is 0 Å². The number of hydrogen-bond donors (Lipinski definition) is 0. The number of furan rings is 1. The van der Waals surface area contributed by atoms with Crippen molar-refractivity contribution in [2.24, 2.45) is 0 Å². The second-order valence-corrected chi connectivity index (χ2v) is 13.5. The maximum absolute atomic E-state index is 6.29. The van der Waals surface area contributed by atoms with Gasteiger partial charge in [0.05, 0.1) is 0 Å². The van der Waals surface area contributed by atoms with Gasteiger partial charge >= 0.3 is 0 Å². The molecule has 0 bridgehead atoms. The van der Waals surface area contributed by atoms with E-state index < -0.39 is 0 Å². The van der Waals surface area contributed by atoms with Gasteiger partial charge in [0.1, 0.15) is 11.2 Å². The van der Waals surface area contributed by atoms with Crippen molar-refractivity contribution >= 4 is 53.4 Å². The van der Waals surface area contributed by atoms with Gasteiger partial charge in [-0.15, -0.1) is 11.3 Å². The van der Waals surface area contributed by atoms with E-state index in [1.165, 1.54) is 20.3 Å². The van der Waals surface area contributed by atoms with E-state index in [9.17, 15) is 0 Å². The molecule has 4 nitrogen and oxygen atoms in total. The zero-order valence-electron chi connectivity index (χ0n) is 26.7. The number of fused-ring (bicyclic) bond motifs is 6. The molecule has 0 unspecified atom stereocenters. The fourth-order valence-electron chi connectivity index (χ4n) is 7.00. The summed E-state index contributed by atoms with van der Waals surface area (Å²) in [4.78, 5) is 15.6. The average Bonchev–Trinajstić information content (AvgIpc) is 3.76. The zero-order valence-corrected chi connectivity index (χ0v) is 27.6. The van der Waals surface area contributed by atoms with Crippen molar-refractivity contribution in [1.29, 1.82) is 0 Å². The van der Waals surface area contributed by atoms with Crippen LogP contribution < -0.4 is 0 Å². The van der Waals surface area contributed by atoms with Crippen LogP contribution in [0.15, 0.2) is 168 Å². The number of hydrogen-bond acceptors (Lipinski definition) is 5. The molecule has 7 aromatic carbocycles. The zero-order chi connectivity index (χ0) is 33.0. The first-order valence-electron chi connectivity index (χ1n) is 16.6. The Kier molecular flexibility index (Phi) is 6.64. The summed E-state index contributed by atoms with van der Waals surface area (Å²) in [6, 6.07) is 56.9. The Labute approximate surface area is 292 Å². The van der Waals surface area contributed by atoms with Gasteiger partial charge in [-0.1, -0.05) is 127 Å². The van der Waals surface area contributed by atoms with Gasteiger partial charge in [-0.25, -0.2) is 15.0 Å². The molecule has 0 N–H and O–H groups in total. The van der Waals surface area contributed by atoms with Crippen LogP contribution in [0.3, 0.4) is 0 Å². The Hall–Kier alpha value is -6.43. The molecule has 3 aromatic heterocycles. The second-order valence-electron chi connectivity index (χ2n) is 12.4. The number of thiophene rings is 1. The van der Waals surface area contributed by atoms with Gasteiger partial charge in [0.15, 0.2) is 17.5 Å². The summed E-state index contributed by atoms with van der Waals surface area (Å²) >= 11 is 1.79. The van der Waals surface area contributed by atoms with Gasteiger partial charge in [0, 0.05) is 47.6 Å².